The smallest absolute Gasteiger partial charge is 0.124 e. The molecule has 0 atom stereocenters. The molecule has 2 nitrogen and oxygen atoms in total. The summed E-state index contributed by atoms with van der Waals surface area (Å²) in [6.45, 7) is 1.72. The summed E-state index contributed by atoms with van der Waals surface area (Å²) < 4.78 is 15.2. The zero-order chi connectivity index (χ0) is 8.59. The Balaban J connectivity index is 3.46. The molecule has 0 radical (unpaired) electrons. The van der Waals surface area contributed by atoms with Gasteiger partial charge in [-0.1, -0.05) is 6.04 Å². The average Bonchev–Trinajstić information content (AvgIpc) is 1.97. The number of nitrogen functional groups attached to an aromatic ring is 1. The molecule has 0 bridgehead atoms. The topological polar surface area (TPSA) is 38.9 Å². The van der Waals surface area contributed by atoms with Crippen LogP contribution in [0, 0.1) is 6.92 Å². The minimum atomic E-state index is -0.00861. The van der Waals surface area contributed by atoms with Crippen molar-refractivity contribution < 1.29 is 2.74 Å². The van der Waals surface area contributed by atoms with Crippen molar-refractivity contribution in [3.05, 3.63) is 22.3 Å². The first-order chi connectivity index (χ1) is 5.04. The number of anilines is 1. The number of nitrogens with zero attached hydrogens (tertiary/aromatic N) is 1. The number of aromatic nitrogens is 1. The zero-order valence-corrected chi connectivity index (χ0v) is 6.49. The number of rotatable bonds is 0. The molecule has 0 aromatic carbocycles. The van der Waals surface area contributed by atoms with E-state index in [0.717, 1.165) is 0 Å². The van der Waals surface area contributed by atoms with Crippen LogP contribution in [0.15, 0.2) is 16.7 Å². The highest BCUT2D eigenvalue weighted by Crippen LogP contribution is 2.13. The third-order valence-electron chi connectivity index (χ3n) is 0.906. The summed E-state index contributed by atoms with van der Waals surface area (Å²) in [6.07, 6.45) is 0. The van der Waals surface area contributed by atoms with Crippen LogP contribution in [0.4, 0.5) is 5.82 Å². The van der Waals surface area contributed by atoms with Crippen molar-refractivity contribution in [1.82, 2.24) is 4.98 Å². The molecular formula is C6H7BrN2. The minimum Gasteiger partial charge on any atom is -0.384 e. The lowest BCUT2D eigenvalue weighted by atomic mass is 10.3. The Hall–Kier alpha value is -0.570. The SMILES string of the molecule is [2H]c1c(N)nc(Br)c(C)c1[2H]. The second-order valence-corrected chi connectivity index (χ2v) is 2.41. The molecule has 1 rings (SSSR count). The van der Waals surface area contributed by atoms with Crippen LogP contribution in [-0.4, -0.2) is 4.98 Å². The monoisotopic (exact) mass is 188 g/mol. The zero-order valence-electron chi connectivity index (χ0n) is 6.90. The Labute approximate surface area is 65.0 Å². The van der Waals surface area contributed by atoms with Crippen molar-refractivity contribution in [2.75, 3.05) is 5.73 Å². The van der Waals surface area contributed by atoms with Crippen molar-refractivity contribution in [1.29, 1.82) is 0 Å². The second kappa shape index (κ2) is 2.35. The van der Waals surface area contributed by atoms with Crippen molar-refractivity contribution in [2.45, 2.75) is 6.92 Å². The average molecular weight is 189 g/mol. The summed E-state index contributed by atoms with van der Waals surface area (Å²) in [7, 11) is 0. The summed E-state index contributed by atoms with van der Waals surface area (Å²) in [5.41, 5.74) is 5.98. The van der Waals surface area contributed by atoms with Gasteiger partial charge in [-0.15, -0.1) is 0 Å². The molecule has 3 heteroatoms. The van der Waals surface area contributed by atoms with Gasteiger partial charge >= 0.3 is 0 Å². The fourth-order valence-corrected chi connectivity index (χ4v) is 0.717. The summed E-state index contributed by atoms with van der Waals surface area (Å²) in [5.74, 6) is 0.0903. The molecule has 1 heterocycles. The number of hydrogen-bond acceptors (Lipinski definition) is 2. The minimum absolute atomic E-state index is 0.00861. The van der Waals surface area contributed by atoms with E-state index in [9.17, 15) is 0 Å². The van der Waals surface area contributed by atoms with Crippen molar-refractivity contribution in [2.24, 2.45) is 0 Å². The van der Waals surface area contributed by atoms with Gasteiger partial charge in [-0.25, -0.2) is 4.98 Å². The number of halogens is 1. The van der Waals surface area contributed by atoms with E-state index in [2.05, 4.69) is 20.9 Å². The van der Waals surface area contributed by atoms with E-state index in [1.54, 1.807) is 6.92 Å². The van der Waals surface area contributed by atoms with Gasteiger partial charge in [-0.05, 0) is 34.5 Å². The van der Waals surface area contributed by atoms with Gasteiger partial charge in [0.1, 0.15) is 10.4 Å². The quantitative estimate of drug-likeness (QED) is 0.631. The molecule has 0 unspecified atom stereocenters. The normalized spacial score (nSPS) is 12.7. The Kier molecular flexibility index (Phi) is 1.12. The van der Waals surface area contributed by atoms with E-state index in [0.29, 0.717) is 10.2 Å². The molecule has 0 saturated heterocycles. The first-order valence-corrected chi connectivity index (χ1v) is 3.22. The molecule has 1 aromatic heterocycles. The maximum absolute atomic E-state index is 7.39. The molecule has 1 aromatic rings. The van der Waals surface area contributed by atoms with Gasteiger partial charge in [0.2, 0.25) is 0 Å². The van der Waals surface area contributed by atoms with E-state index >= 15 is 0 Å². The van der Waals surface area contributed by atoms with E-state index in [1.807, 2.05) is 0 Å². The fourth-order valence-electron chi connectivity index (χ4n) is 0.427. The van der Waals surface area contributed by atoms with Crippen LogP contribution in [0.3, 0.4) is 0 Å². The lowest BCUT2D eigenvalue weighted by molar-refractivity contribution is 1.23. The van der Waals surface area contributed by atoms with Crippen LogP contribution >= 0.6 is 15.9 Å². The third kappa shape index (κ3) is 1.42. The van der Waals surface area contributed by atoms with E-state index < -0.39 is 0 Å². The first kappa shape index (κ1) is 4.28. The van der Waals surface area contributed by atoms with Gasteiger partial charge in [0.15, 0.2) is 0 Å². The summed E-state index contributed by atoms with van der Waals surface area (Å²) in [6, 6.07) is 0.120. The van der Waals surface area contributed by atoms with Crippen molar-refractivity contribution in [3.63, 3.8) is 0 Å². The van der Waals surface area contributed by atoms with Gasteiger partial charge in [-0.3, -0.25) is 0 Å². The largest absolute Gasteiger partial charge is 0.384 e. The molecule has 0 fully saturated rings. The standard InChI is InChI=1S/C6H7BrN2/c1-4-2-3-5(8)9-6(4)7/h2-3H,1H3,(H2,8,9)/i2D,3D. The Morgan fingerprint density at radius 2 is 2.44 bits per heavy atom. The Morgan fingerprint density at radius 3 is 3.11 bits per heavy atom. The predicted octanol–water partition coefficient (Wildman–Crippen LogP) is 1.73. The highest BCUT2D eigenvalue weighted by molar-refractivity contribution is 9.10. The molecule has 2 N–H and O–H groups in total. The number of pyridine rings is 1. The summed E-state index contributed by atoms with van der Waals surface area (Å²) in [5, 5.41) is 0. The number of nitrogens with two attached hydrogens (primary N) is 1. The Morgan fingerprint density at radius 1 is 1.78 bits per heavy atom. The van der Waals surface area contributed by atoms with Crippen LogP contribution in [0.5, 0.6) is 0 Å². The summed E-state index contributed by atoms with van der Waals surface area (Å²) in [4.78, 5) is 3.82. The first-order valence-electron chi connectivity index (χ1n) is 3.42. The lowest BCUT2D eigenvalue weighted by Crippen LogP contribution is -1.90. The molecular weight excluding hydrogens is 180 g/mol. The van der Waals surface area contributed by atoms with Crippen molar-refractivity contribution in [3.8, 4) is 0 Å². The van der Waals surface area contributed by atoms with Crippen LogP contribution in [0.25, 0.3) is 0 Å². The summed E-state index contributed by atoms with van der Waals surface area (Å²) >= 11 is 3.14. The molecule has 0 aliphatic heterocycles. The van der Waals surface area contributed by atoms with Crippen LogP contribution in [-0.2, 0) is 0 Å². The van der Waals surface area contributed by atoms with Gasteiger partial charge in [0.05, 0.1) is 2.74 Å². The maximum atomic E-state index is 7.39. The van der Waals surface area contributed by atoms with E-state index in [4.69, 9.17) is 8.48 Å². The molecule has 0 saturated carbocycles. The van der Waals surface area contributed by atoms with E-state index in [1.165, 1.54) is 0 Å². The van der Waals surface area contributed by atoms with Gasteiger partial charge in [0, 0.05) is 0 Å². The van der Waals surface area contributed by atoms with Gasteiger partial charge in [-0.2, -0.15) is 0 Å². The lowest BCUT2D eigenvalue weighted by Gasteiger charge is -1.95. The van der Waals surface area contributed by atoms with E-state index in [-0.39, 0.29) is 17.9 Å². The van der Waals surface area contributed by atoms with Crippen LogP contribution in [0.2, 0.25) is 0 Å². The second-order valence-electron chi connectivity index (χ2n) is 1.66. The fraction of sp³-hybridized carbons (Fsp3) is 0.167. The van der Waals surface area contributed by atoms with Gasteiger partial charge in [0.25, 0.3) is 0 Å². The molecule has 9 heavy (non-hydrogen) atoms. The van der Waals surface area contributed by atoms with Gasteiger partial charge < -0.3 is 5.73 Å². The highest BCUT2D eigenvalue weighted by atomic mass is 79.9. The van der Waals surface area contributed by atoms with Crippen LogP contribution < -0.4 is 5.73 Å². The third-order valence-corrected chi connectivity index (χ3v) is 1.68. The molecule has 48 valence electrons. The molecule has 0 spiro atoms. The maximum Gasteiger partial charge on any atom is 0.124 e. The van der Waals surface area contributed by atoms with Crippen molar-refractivity contribution >= 4 is 21.7 Å². The molecule has 0 amide bonds. The van der Waals surface area contributed by atoms with Crippen LogP contribution in [0.1, 0.15) is 8.30 Å². The Bertz CT molecular complexity index is 275. The molecule has 0 aliphatic rings. The molecule has 0 aliphatic carbocycles. The predicted molar refractivity (Wildman–Crippen MR) is 41.1 cm³/mol. The highest BCUT2D eigenvalue weighted by Gasteiger charge is 1.93. The number of hydrogen-bond donors (Lipinski definition) is 1.